The van der Waals surface area contributed by atoms with E-state index in [0.29, 0.717) is 38.4 Å². The minimum Gasteiger partial charge on any atom is -0.463 e. The molecule has 5 aromatic rings. The molecule has 3 aromatic heterocycles. The Labute approximate surface area is 216 Å². The summed E-state index contributed by atoms with van der Waals surface area (Å²) in [5.41, 5.74) is 2.29. The van der Waals surface area contributed by atoms with Gasteiger partial charge >= 0.3 is 0 Å². The standard InChI is InChI=1S/C25H19ClN4O4S2/c1-16-13-22(21(14-18(16)26)35-15-17-7-3-2-4-8-17)36(31,32)30-25-27-23(19-9-5-11-33-19)24(28-29-25)20-10-6-12-34-20/h2-14H,15H2,1H3,(H,27,29,30). The molecule has 0 unspecified atom stereocenters. The predicted octanol–water partition coefficient (Wildman–Crippen LogP) is 6.45. The Kier molecular flexibility index (Phi) is 6.82. The highest BCUT2D eigenvalue weighted by atomic mass is 35.5. The van der Waals surface area contributed by atoms with Crippen LogP contribution in [0.3, 0.4) is 0 Å². The lowest BCUT2D eigenvalue weighted by atomic mass is 10.2. The van der Waals surface area contributed by atoms with Crippen LogP contribution < -0.4 is 4.72 Å². The topological polar surface area (TPSA) is 111 Å². The number of aromatic nitrogens is 3. The van der Waals surface area contributed by atoms with E-state index in [2.05, 4.69) is 19.9 Å². The smallest absolute Gasteiger partial charge is 0.265 e. The Bertz CT molecular complexity index is 1590. The third-order valence-electron chi connectivity index (χ3n) is 5.17. The molecule has 0 saturated heterocycles. The molecule has 0 saturated carbocycles. The van der Waals surface area contributed by atoms with Gasteiger partial charge in [0.25, 0.3) is 16.0 Å². The number of furan rings is 2. The maximum Gasteiger partial charge on any atom is 0.265 e. The summed E-state index contributed by atoms with van der Waals surface area (Å²) in [6, 6.07) is 19.7. The molecule has 0 aliphatic heterocycles. The van der Waals surface area contributed by atoms with Gasteiger partial charge in [-0.1, -0.05) is 41.9 Å². The van der Waals surface area contributed by atoms with Crippen molar-refractivity contribution in [2.45, 2.75) is 22.5 Å². The van der Waals surface area contributed by atoms with Gasteiger partial charge in [-0.15, -0.1) is 22.0 Å². The second kappa shape index (κ2) is 10.2. The molecular weight excluding hydrogens is 520 g/mol. The van der Waals surface area contributed by atoms with Crippen molar-refractivity contribution >= 4 is 39.3 Å². The fraction of sp³-hybridized carbons (Fsp3) is 0.0800. The molecule has 5 rings (SSSR count). The molecule has 1 N–H and O–H groups in total. The van der Waals surface area contributed by atoms with Crippen LogP contribution in [-0.4, -0.2) is 23.6 Å². The Balaban J connectivity index is 1.50. The molecule has 0 aliphatic carbocycles. The summed E-state index contributed by atoms with van der Waals surface area (Å²) >= 11 is 7.71. The lowest BCUT2D eigenvalue weighted by Crippen LogP contribution is -2.17. The molecule has 0 spiro atoms. The number of rotatable bonds is 8. The first-order valence-corrected chi connectivity index (χ1v) is 13.6. The van der Waals surface area contributed by atoms with E-state index in [9.17, 15) is 8.42 Å². The average Bonchev–Trinajstić information content (AvgIpc) is 3.60. The van der Waals surface area contributed by atoms with Crippen LogP contribution in [0.5, 0.6) is 0 Å². The molecule has 36 heavy (non-hydrogen) atoms. The molecule has 182 valence electrons. The molecule has 0 aliphatic rings. The molecular formula is C25H19ClN4O4S2. The van der Waals surface area contributed by atoms with Gasteiger partial charge in [-0.3, -0.25) is 0 Å². The first-order chi connectivity index (χ1) is 17.4. The zero-order valence-corrected chi connectivity index (χ0v) is 21.3. The zero-order chi connectivity index (χ0) is 25.1. The molecule has 0 amide bonds. The minimum atomic E-state index is -4.09. The van der Waals surface area contributed by atoms with Gasteiger partial charge < -0.3 is 8.83 Å². The van der Waals surface area contributed by atoms with Crippen LogP contribution in [0.25, 0.3) is 22.9 Å². The van der Waals surface area contributed by atoms with Gasteiger partial charge in [0.1, 0.15) is 10.6 Å². The van der Waals surface area contributed by atoms with Gasteiger partial charge in [0.05, 0.1) is 12.5 Å². The quantitative estimate of drug-likeness (QED) is 0.224. The summed E-state index contributed by atoms with van der Waals surface area (Å²) < 4.78 is 40.4. The first-order valence-electron chi connectivity index (χ1n) is 10.7. The van der Waals surface area contributed by atoms with Crippen LogP contribution in [-0.2, 0) is 15.8 Å². The van der Waals surface area contributed by atoms with E-state index in [1.54, 1.807) is 37.3 Å². The summed E-state index contributed by atoms with van der Waals surface area (Å²) in [5.74, 6) is 1.17. The van der Waals surface area contributed by atoms with Crippen LogP contribution in [0.4, 0.5) is 5.95 Å². The normalized spacial score (nSPS) is 11.5. The number of hydrogen-bond acceptors (Lipinski definition) is 8. The molecule has 0 atom stereocenters. The summed E-state index contributed by atoms with van der Waals surface area (Å²) in [6.45, 7) is 1.75. The van der Waals surface area contributed by atoms with Crippen molar-refractivity contribution in [1.29, 1.82) is 0 Å². The molecule has 3 heterocycles. The van der Waals surface area contributed by atoms with Gasteiger partial charge in [-0.05, 0) is 54.4 Å². The third-order valence-corrected chi connectivity index (χ3v) is 8.20. The lowest BCUT2D eigenvalue weighted by Gasteiger charge is -2.14. The summed E-state index contributed by atoms with van der Waals surface area (Å²) in [7, 11) is -4.09. The Morgan fingerprint density at radius 1 is 0.917 bits per heavy atom. The van der Waals surface area contributed by atoms with Gasteiger partial charge in [0.2, 0.25) is 0 Å². The lowest BCUT2D eigenvalue weighted by molar-refractivity contribution is 0.570. The Morgan fingerprint density at radius 2 is 1.61 bits per heavy atom. The number of halogens is 1. The highest BCUT2D eigenvalue weighted by molar-refractivity contribution is 7.99. The second-order valence-corrected chi connectivity index (χ2v) is 10.8. The number of nitrogens with one attached hydrogen (secondary N) is 1. The number of thioether (sulfide) groups is 1. The summed E-state index contributed by atoms with van der Waals surface area (Å²) in [4.78, 5) is 4.98. The van der Waals surface area contributed by atoms with Crippen molar-refractivity contribution in [2.75, 3.05) is 4.72 Å². The van der Waals surface area contributed by atoms with E-state index in [1.165, 1.54) is 30.4 Å². The Hall–Kier alpha value is -3.60. The van der Waals surface area contributed by atoms with E-state index in [0.717, 1.165) is 5.56 Å². The van der Waals surface area contributed by atoms with Crippen LogP contribution in [0.15, 0.2) is 97.9 Å². The number of hydrogen-bond donors (Lipinski definition) is 1. The largest absolute Gasteiger partial charge is 0.463 e. The molecule has 8 nitrogen and oxygen atoms in total. The number of anilines is 1. The van der Waals surface area contributed by atoms with Gasteiger partial charge in [-0.2, -0.15) is 0 Å². The maximum atomic E-state index is 13.5. The molecule has 0 fully saturated rings. The monoisotopic (exact) mass is 538 g/mol. The molecule has 0 radical (unpaired) electrons. The maximum absolute atomic E-state index is 13.5. The number of nitrogens with zero attached hydrogens (tertiary/aromatic N) is 3. The van der Waals surface area contributed by atoms with Crippen LogP contribution in [0.2, 0.25) is 5.02 Å². The molecule has 2 aromatic carbocycles. The van der Waals surface area contributed by atoms with Crippen molar-refractivity contribution in [3.8, 4) is 22.9 Å². The molecule has 0 bridgehead atoms. The number of aryl methyl sites for hydroxylation is 1. The highest BCUT2D eigenvalue weighted by Crippen LogP contribution is 2.35. The average molecular weight is 539 g/mol. The second-order valence-electron chi connectivity index (χ2n) is 7.72. The van der Waals surface area contributed by atoms with Crippen LogP contribution in [0, 0.1) is 6.92 Å². The fourth-order valence-electron chi connectivity index (χ4n) is 3.40. The van der Waals surface area contributed by atoms with Crippen molar-refractivity contribution < 1.29 is 17.3 Å². The first kappa shape index (κ1) is 24.1. The van der Waals surface area contributed by atoms with E-state index < -0.39 is 10.0 Å². The van der Waals surface area contributed by atoms with Crippen LogP contribution >= 0.6 is 23.4 Å². The van der Waals surface area contributed by atoms with Gasteiger partial charge in [-0.25, -0.2) is 18.1 Å². The van der Waals surface area contributed by atoms with Gasteiger partial charge in [0.15, 0.2) is 17.2 Å². The van der Waals surface area contributed by atoms with Crippen molar-refractivity contribution in [1.82, 2.24) is 15.2 Å². The van der Waals surface area contributed by atoms with Crippen molar-refractivity contribution in [3.63, 3.8) is 0 Å². The summed E-state index contributed by atoms with van der Waals surface area (Å²) in [5, 5.41) is 8.64. The SMILES string of the molecule is Cc1cc(S(=O)(=O)Nc2nnc(-c3ccco3)c(-c3ccco3)n2)c(SCc2ccccc2)cc1Cl. The van der Waals surface area contributed by atoms with Gasteiger partial charge in [0, 0.05) is 15.7 Å². The number of benzene rings is 2. The van der Waals surface area contributed by atoms with E-state index in [1.807, 2.05) is 30.3 Å². The fourth-order valence-corrected chi connectivity index (χ4v) is 6.15. The van der Waals surface area contributed by atoms with Crippen molar-refractivity contribution in [3.05, 3.63) is 95.4 Å². The Morgan fingerprint density at radius 3 is 2.28 bits per heavy atom. The number of sulfonamides is 1. The van der Waals surface area contributed by atoms with E-state index in [4.69, 9.17) is 20.4 Å². The third kappa shape index (κ3) is 5.15. The zero-order valence-electron chi connectivity index (χ0n) is 18.9. The predicted molar refractivity (Wildman–Crippen MR) is 138 cm³/mol. The highest BCUT2D eigenvalue weighted by Gasteiger charge is 2.24. The molecule has 11 heteroatoms. The van der Waals surface area contributed by atoms with E-state index >= 15 is 0 Å². The summed E-state index contributed by atoms with van der Waals surface area (Å²) in [6.07, 6.45) is 2.98. The van der Waals surface area contributed by atoms with Crippen molar-refractivity contribution in [2.24, 2.45) is 0 Å². The minimum absolute atomic E-state index is 0.0728. The van der Waals surface area contributed by atoms with Crippen LogP contribution in [0.1, 0.15) is 11.1 Å². The van der Waals surface area contributed by atoms with E-state index in [-0.39, 0.29) is 16.5 Å².